The van der Waals surface area contributed by atoms with Crippen molar-refractivity contribution in [2.24, 2.45) is 0 Å². The molecule has 10 nitrogen and oxygen atoms in total. The maximum absolute atomic E-state index is 12.9. The minimum atomic E-state index is -2.53. The maximum atomic E-state index is 12.9. The standard InChI is InChI=1S/C16H16F2N8O.C8H16O/c1-7-21-10-4-3-9(22-15(10)25(7)6-11(17)18)8-5-12(27)26-13(8)14(20-2)23-16(19)24-26;1-2-8(9)6-4-3-5-7-8/h3-5,11,27H,6H2,1-2H3,(H3,19,20,23,24);9H,2-7H2,1H3. The summed E-state index contributed by atoms with van der Waals surface area (Å²) in [5.74, 6) is 0.687. The van der Waals surface area contributed by atoms with Crippen LogP contribution in [0.2, 0.25) is 0 Å². The topological polar surface area (TPSA) is 139 Å². The van der Waals surface area contributed by atoms with E-state index in [9.17, 15) is 19.0 Å². The van der Waals surface area contributed by atoms with Crippen LogP contribution in [0.5, 0.6) is 5.88 Å². The average Bonchev–Trinajstić information content (AvgIpc) is 3.35. The van der Waals surface area contributed by atoms with E-state index >= 15 is 0 Å². The molecule has 0 saturated heterocycles. The average molecular weight is 503 g/mol. The second-order valence-electron chi connectivity index (χ2n) is 9.08. The highest BCUT2D eigenvalue weighted by Gasteiger charge is 2.26. The van der Waals surface area contributed by atoms with Crippen LogP contribution in [0, 0.1) is 6.92 Å². The molecule has 1 aliphatic carbocycles. The van der Waals surface area contributed by atoms with Crippen LogP contribution in [0.25, 0.3) is 27.9 Å². The Balaban J connectivity index is 0.000000286. The summed E-state index contributed by atoms with van der Waals surface area (Å²) >= 11 is 0. The SMILES string of the molecule is CCC1(O)CCCCC1.CNc1nc(N)nn2c(O)cc(-c3ccc4nc(C)n(CC(F)F)c4n3)c12. The smallest absolute Gasteiger partial charge is 0.256 e. The van der Waals surface area contributed by atoms with Gasteiger partial charge in [0.05, 0.1) is 17.8 Å². The molecule has 1 saturated carbocycles. The Morgan fingerprint density at radius 2 is 1.89 bits per heavy atom. The summed E-state index contributed by atoms with van der Waals surface area (Å²) in [5.41, 5.74) is 7.69. The van der Waals surface area contributed by atoms with E-state index in [1.54, 1.807) is 26.1 Å². The number of rotatable bonds is 5. The zero-order chi connectivity index (χ0) is 26.0. The Morgan fingerprint density at radius 3 is 2.50 bits per heavy atom. The highest BCUT2D eigenvalue weighted by Crippen LogP contribution is 2.34. The molecule has 0 radical (unpaired) electrons. The number of hydrogen-bond donors (Lipinski definition) is 4. The Bertz CT molecular complexity index is 1360. The number of fused-ring (bicyclic) bond motifs is 2. The molecule has 4 aromatic rings. The number of aromatic nitrogens is 6. The minimum absolute atomic E-state index is 0.0154. The molecular formula is C24H32F2N8O2. The number of aryl methyl sites for hydroxylation is 1. The molecule has 4 heterocycles. The first-order chi connectivity index (χ1) is 17.2. The van der Waals surface area contributed by atoms with Crippen LogP contribution in [0.4, 0.5) is 20.5 Å². The highest BCUT2D eigenvalue weighted by atomic mass is 19.3. The van der Waals surface area contributed by atoms with Crippen molar-refractivity contribution in [2.75, 3.05) is 18.1 Å². The molecule has 5 N–H and O–H groups in total. The molecule has 0 unspecified atom stereocenters. The van der Waals surface area contributed by atoms with Crippen LogP contribution in [0.1, 0.15) is 51.3 Å². The van der Waals surface area contributed by atoms with Crippen LogP contribution in [0.3, 0.4) is 0 Å². The number of anilines is 2. The van der Waals surface area contributed by atoms with E-state index in [2.05, 4.69) is 32.3 Å². The Labute approximate surface area is 207 Å². The molecule has 0 spiro atoms. The summed E-state index contributed by atoms with van der Waals surface area (Å²) in [6, 6.07) is 4.87. The highest BCUT2D eigenvalue weighted by molar-refractivity contribution is 5.90. The summed E-state index contributed by atoms with van der Waals surface area (Å²) < 4.78 is 28.5. The van der Waals surface area contributed by atoms with Crippen molar-refractivity contribution < 1.29 is 19.0 Å². The molecule has 1 aliphatic rings. The van der Waals surface area contributed by atoms with Crippen molar-refractivity contribution in [2.45, 2.75) is 70.9 Å². The summed E-state index contributed by atoms with van der Waals surface area (Å²) in [4.78, 5) is 12.9. The molecule has 0 aliphatic heterocycles. The number of alkyl halides is 2. The quantitative estimate of drug-likeness (QED) is 0.319. The van der Waals surface area contributed by atoms with E-state index in [1.807, 2.05) is 0 Å². The van der Waals surface area contributed by atoms with Crippen LogP contribution in [-0.4, -0.2) is 58.4 Å². The predicted octanol–water partition coefficient (Wildman–Crippen LogP) is 4.14. The molecule has 0 atom stereocenters. The van der Waals surface area contributed by atoms with Crippen molar-refractivity contribution in [3.8, 4) is 17.1 Å². The summed E-state index contributed by atoms with van der Waals surface area (Å²) in [5, 5.41) is 26.8. The lowest BCUT2D eigenvalue weighted by Gasteiger charge is -2.30. The van der Waals surface area contributed by atoms with Gasteiger partial charge in [0.25, 0.3) is 6.43 Å². The Morgan fingerprint density at radius 1 is 1.17 bits per heavy atom. The second kappa shape index (κ2) is 10.2. The van der Waals surface area contributed by atoms with Crippen LogP contribution >= 0.6 is 0 Å². The first kappa shape index (κ1) is 25.5. The van der Waals surface area contributed by atoms with E-state index in [4.69, 9.17) is 5.73 Å². The third-order valence-electron chi connectivity index (χ3n) is 6.67. The molecule has 0 bridgehead atoms. The van der Waals surface area contributed by atoms with Gasteiger partial charge in [0.15, 0.2) is 11.5 Å². The van der Waals surface area contributed by atoms with E-state index in [-0.39, 0.29) is 17.4 Å². The number of aliphatic hydroxyl groups is 1. The van der Waals surface area contributed by atoms with Gasteiger partial charge in [-0.1, -0.05) is 26.2 Å². The molecule has 1 fully saturated rings. The van der Waals surface area contributed by atoms with Crippen LogP contribution in [0.15, 0.2) is 18.2 Å². The predicted molar refractivity (Wildman–Crippen MR) is 134 cm³/mol. The van der Waals surface area contributed by atoms with Gasteiger partial charge in [-0.05, 0) is 38.3 Å². The summed E-state index contributed by atoms with van der Waals surface area (Å²) in [6.07, 6.45) is 4.25. The number of pyridine rings is 1. The fourth-order valence-corrected chi connectivity index (χ4v) is 4.66. The molecule has 36 heavy (non-hydrogen) atoms. The van der Waals surface area contributed by atoms with Crippen molar-refractivity contribution in [3.05, 3.63) is 24.0 Å². The number of nitrogens with zero attached hydrogens (tertiary/aromatic N) is 6. The van der Waals surface area contributed by atoms with E-state index in [1.165, 1.54) is 34.4 Å². The number of imidazole rings is 1. The van der Waals surface area contributed by atoms with Crippen molar-refractivity contribution >= 4 is 28.4 Å². The lowest BCUT2D eigenvalue weighted by atomic mass is 9.83. The van der Waals surface area contributed by atoms with Crippen LogP contribution < -0.4 is 11.1 Å². The van der Waals surface area contributed by atoms with Gasteiger partial charge in [0.2, 0.25) is 11.8 Å². The molecule has 4 aromatic heterocycles. The largest absolute Gasteiger partial charge is 0.493 e. The summed E-state index contributed by atoms with van der Waals surface area (Å²) in [6.45, 7) is 3.23. The number of hydrogen-bond acceptors (Lipinski definition) is 8. The lowest BCUT2D eigenvalue weighted by Crippen LogP contribution is -2.29. The van der Waals surface area contributed by atoms with Crippen molar-refractivity contribution in [3.63, 3.8) is 0 Å². The molecular weight excluding hydrogens is 470 g/mol. The van der Waals surface area contributed by atoms with Crippen LogP contribution in [-0.2, 0) is 6.54 Å². The van der Waals surface area contributed by atoms with Gasteiger partial charge in [-0.15, -0.1) is 5.10 Å². The number of nitrogen functional groups attached to an aromatic ring is 1. The van der Waals surface area contributed by atoms with E-state index in [0.29, 0.717) is 39.6 Å². The van der Waals surface area contributed by atoms with E-state index in [0.717, 1.165) is 19.3 Å². The molecule has 0 amide bonds. The lowest BCUT2D eigenvalue weighted by molar-refractivity contribution is 0.000669. The first-order valence-electron chi connectivity index (χ1n) is 12.1. The molecule has 194 valence electrons. The van der Waals surface area contributed by atoms with Gasteiger partial charge in [-0.25, -0.2) is 18.7 Å². The second-order valence-corrected chi connectivity index (χ2v) is 9.08. The van der Waals surface area contributed by atoms with Crippen molar-refractivity contribution in [1.29, 1.82) is 0 Å². The van der Waals surface area contributed by atoms with Crippen molar-refractivity contribution in [1.82, 2.24) is 29.1 Å². The summed E-state index contributed by atoms with van der Waals surface area (Å²) in [7, 11) is 1.66. The van der Waals surface area contributed by atoms with Gasteiger partial charge in [-0.3, -0.25) is 0 Å². The molecule has 5 rings (SSSR count). The van der Waals surface area contributed by atoms with E-state index < -0.39 is 13.0 Å². The minimum Gasteiger partial charge on any atom is -0.493 e. The third kappa shape index (κ3) is 5.03. The fraction of sp³-hybridized carbons (Fsp3) is 0.500. The zero-order valence-electron chi connectivity index (χ0n) is 20.7. The maximum Gasteiger partial charge on any atom is 0.256 e. The monoisotopic (exact) mass is 502 g/mol. The molecule has 12 heteroatoms. The van der Waals surface area contributed by atoms with Gasteiger partial charge < -0.3 is 25.8 Å². The fourth-order valence-electron chi connectivity index (χ4n) is 4.66. The molecule has 0 aromatic carbocycles. The number of halogens is 2. The third-order valence-corrected chi connectivity index (χ3v) is 6.67. The Hall–Kier alpha value is -3.54. The van der Waals surface area contributed by atoms with Gasteiger partial charge in [0, 0.05) is 18.7 Å². The number of nitrogens with two attached hydrogens (primary N) is 1. The van der Waals surface area contributed by atoms with Gasteiger partial charge in [0.1, 0.15) is 16.9 Å². The Kier molecular flexibility index (Phi) is 7.25. The number of nitrogens with one attached hydrogen (secondary N) is 1. The van der Waals surface area contributed by atoms with Gasteiger partial charge >= 0.3 is 0 Å². The number of aromatic hydroxyl groups is 1. The van der Waals surface area contributed by atoms with Gasteiger partial charge in [-0.2, -0.15) is 9.50 Å². The zero-order valence-corrected chi connectivity index (χ0v) is 20.7. The first-order valence-corrected chi connectivity index (χ1v) is 12.1. The normalized spacial score (nSPS) is 15.3.